The summed E-state index contributed by atoms with van der Waals surface area (Å²) in [5.74, 6) is -3.70. The SMILES string of the molecule is CN(C)Cc1noc(-c2cc(F)c(F)cc2C(=O)O)n1. The number of hydrogen-bond acceptors (Lipinski definition) is 5. The number of halogens is 2. The first-order chi connectivity index (χ1) is 9.38. The van der Waals surface area contributed by atoms with Gasteiger partial charge in [-0.3, -0.25) is 0 Å². The zero-order chi connectivity index (χ0) is 14.9. The number of carboxylic acid groups (broad SMARTS) is 1. The van der Waals surface area contributed by atoms with Crippen molar-refractivity contribution in [3.63, 3.8) is 0 Å². The van der Waals surface area contributed by atoms with Crippen molar-refractivity contribution in [3.8, 4) is 11.5 Å². The minimum Gasteiger partial charge on any atom is -0.478 e. The molecule has 8 heteroatoms. The number of rotatable bonds is 4. The van der Waals surface area contributed by atoms with E-state index in [-0.39, 0.29) is 11.5 Å². The first kappa shape index (κ1) is 14.1. The zero-order valence-electron chi connectivity index (χ0n) is 10.7. The molecule has 1 aromatic heterocycles. The summed E-state index contributed by atoms with van der Waals surface area (Å²) in [7, 11) is 3.58. The van der Waals surface area contributed by atoms with Crippen molar-refractivity contribution in [2.45, 2.75) is 6.54 Å². The summed E-state index contributed by atoms with van der Waals surface area (Å²) in [4.78, 5) is 16.8. The van der Waals surface area contributed by atoms with E-state index in [4.69, 9.17) is 9.63 Å². The van der Waals surface area contributed by atoms with Gasteiger partial charge in [-0.15, -0.1) is 0 Å². The van der Waals surface area contributed by atoms with Crippen LogP contribution in [-0.4, -0.2) is 40.2 Å². The highest BCUT2D eigenvalue weighted by molar-refractivity contribution is 5.94. The molecule has 0 unspecified atom stereocenters. The van der Waals surface area contributed by atoms with Crippen LogP contribution in [0, 0.1) is 11.6 Å². The van der Waals surface area contributed by atoms with E-state index in [1.54, 1.807) is 19.0 Å². The summed E-state index contributed by atoms with van der Waals surface area (Å²) >= 11 is 0. The number of aromatic carboxylic acids is 1. The fourth-order valence-corrected chi connectivity index (χ4v) is 1.61. The van der Waals surface area contributed by atoms with E-state index in [2.05, 4.69) is 10.1 Å². The molecule has 1 N–H and O–H groups in total. The van der Waals surface area contributed by atoms with Crippen LogP contribution < -0.4 is 0 Å². The van der Waals surface area contributed by atoms with Crippen molar-refractivity contribution in [2.24, 2.45) is 0 Å². The Morgan fingerprint density at radius 3 is 2.60 bits per heavy atom. The Labute approximate surface area is 112 Å². The van der Waals surface area contributed by atoms with Gasteiger partial charge in [0.05, 0.1) is 17.7 Å². The van der Waals surface area contributed by atoms with E-state index in [0.717, 1.165) is 6.07 Å². The molecule has 0 aliphatic heterocycles. The molecule has 2 aromatic rings. The zero-order valence-corrected chi connectivity index (χ0v) is 10.7. The monoisotopic (exact) mass is 283 g/mol. The molecule has 0 spiro atoms. The molecule has 1 aromatic carbocycles. The third-order valence-corrected chi connectivity index (χ3v) is 2.45. The summed E-state index contributed by atoms with van der Waals surface area (Å²) in [6, 6.07) is 1.31. The van der Waals surface area contributed by atoms with Crippen LogP contribution in [0.5, 0.6) is 0 Å². The van der Waals surface area contributed by atoms with Gasteiger partial charge < -0.3 is 14.5 Å². The van der Waals surface area contributed by atoms with Gasteiger partial charge in [-0.05, 0) is 26.2 Å². The normalized spacial score (nSPS) is 11.1. The molecule has 0 bridgehead atoms. The molecule has 20 heavy (non-hydrogen) atoms. The third kappa shape index (κ3) is 2.80. The Bertz CT molecular complexity index is 655. The Morgan fingerprint density at radius 2 is 2.00 bits per heavy atom. The highest BCUT2D eigenvalue weighted by Crippen LogP contribution is 2.25. The van der Waals surface area contributed by atoms with Crippen LogP contribution in [0.25, 0.3) is 11.5 Å². The minimum atomic E-state index is -1.41. The van der Waals surface area contributed by atoms with Crippen molar-refractivity contribution >= 4 is 5.97 Å². The number of hydrogen-bond donors (Lipinski definition) is 1. The molecule has 2 rings (SSSR count). The summed E-state index contributed by atoms with van der Waals surface area (Å²) in [6.07, 6.45) is 0. The second-order valence-electron chi connectivity index (χ2n) is 4.37. The molecule has 0 aliphatic rings. The summed E-state index contributed by atoms with van der Waals surface area (Å²) in [5.41, 5.74) is -0.599. The van der Waals surface area contributed by atoms with Gasteiger partial charge in [0.25, 0.3) is 5.89 Å². The van der Waals surface area contributed by atoms with Gasteiger partial charge in [-0.2, -0.15) is 4.98 Å². The molecule has 0 aliphatic carbocycles. The molecule has 6 nitrogen and oxygen atoms in total. The molecule has 0 radical (unpaired) electrons. The van der Waals surface area contributed by atoms with Gasteiger partial charge in [0.15, 0.2) is 17.5 Å². The average Bonchev–Trinajstić information content (AvgIpc) is 2.79. The quantitative estimate of drug-likeness (QED) is 0.921. The van der Waals surface area contributed by atoms with E-state index < -0.39 is 23.2 Å². The van der Waals surface area contributed by atoms with Gasteiger partial charge in [0.1, 0.15) is 0 Å². The predicted octanol–water partition coefficient (Wildman–Crippen LogP) is 1.77. The molecule has 0 amide bonds. The predicted molar refractivity (Wildman–Crippen MR) is 64.0 cm³/mol. The Kier molecular flexibility index (Phi) is 3.75. The smallest absolute Gasteiger partial charge is 0.336 e. The van der Waals surface area contributed by atoms with Crippen LogP contribution in [0.1, 0.15) is 16.2 Å². The van der Waals surface area contributed by atoms with E-state index >= 15 is 0 Å². The van der Waals surface area contributed by atoms with Crippen LogP contribution in [0.3, 0.4) is 0 Å². The van der Waals surface area contributed by atoms with Crippen molar-refractivity contribution in [2.75, 3.05) is 14.1 Å². The fraction of sp³-hybridized carbons (Fsp3) is 0.250. The molecular formula is C12H11F2N3O3. The largest absolute Gasteiger partial charge is 0.478 e. The van der Waals surface area contributed by atoms with Crippen LogP contribution >= 0.6 is 0 Å². The lowest BCUT2D eigenvalue weighted by Gasteiger charge is -2.04. The molecule has 1 heterocycles. The van der Waals surface area contributed by atoms with Crippen LogP contribution in [0.2, 0.25) is 0 Å². The average molecular weight is 283 g/mol. The lowest BCUT2D eigenvalue weighted by Crippen LogP contribution is -2.11. The highest BCUT2D eigenvalue weighted by atomic mass is 19.2. The van der Waals surface area contributed by atoms with E-state index in [1.165, 1.54) is 0 Å². The third-order valence-electron chi connectivity index (χ3n) is 2.45. The van der Waals surface area contributed by atoms with Crippen molar-refractivity contribution < 1.29 is 23.2 Å². The second kappa shape index (κ2) is 5.33. The summed E-state index contributed by atoms with van der Waals surface area (Å²) < 4.78 is 31.3. The first-order valence-corrected chi connectivity index (χ1v) is 5.58. The number of nitrogens with zero attached hydrogens (tertiary/aromatic N) is 3. The van der Waals surface area contributed by atoms with Gasteiger partial charge in [-0.1, -0.05) is 5.16 Å². The van der Waals surface area contributed by atoms with Gasteiger partial charge in [0.2, 0.25) is 0 Å². The molecular weight excluding hydrogens is 272 g/mol. The van der Waals surface area contributed by atoms with E-state index in [9.17, 15) is 13.6 Å². The van der Waals surface area contributed by atoms with Crippen LogP contribution in [0.4, 0.5) is 8.78 Å². The number of benzene rings is 1. The topological polar surface area (TPSA) is 79.5 Å². The maximum Gasteiger partial charge on any atom is 0.336 e. The molecule has 0 saturated heterocycles. The lowest BCUT2D eigenvalue weighted by atomic mass is 10.1. The Hall–Kier alpha value is -2.35. The van der Waals surface area contributed by atoms with Gasteiger partial charge in [0, 0.05) is 0 Å². The van der Waals surface area contributed by atoms with Crippen molar-refractivity contribution in [1.82, 2.24) is 15.0 Å². The number of aromatic nitrogens is 2. The minimum absolute atomic E-state index is 0.158. The molecule has 0 saturated carbocycles. The number of carboxylic acids is 1. The maximum atomic E-state index is 13.3. The molecule has 0 atom stereocenters. The second-order valence-corrected chi connectivity index (χ2v) is 4.37. The van der Waals surface area contributed by atoms with E-state index in [1.807, 2.05) is 0 Å². The van der Waals surface area contributed by atoms with Crippen molar-refractivity contribution in [1.29, 1.82) is 0 Å². The maximum absolute atomic E-state index is 13.3. The fourth-order valence-electron chi connectivity index (χ4n) is 1.61. The Balaban J connectivity index is 2.48. The van der Waals surface area contributed by atoms with Gasteiger partial charge in [-0.25, -0.2) is 13.6 Å². The molecule has 106 valence electrons. The van der Waals surface area contributed by atoms with Gasteiger partial charge >= 0.3 is 5.97 Å². The van der Waals surface area contributed by atoms with E-state index in [0.29, 0.717) is 18.4 Å². The Morgan fingerprint density at radius 1 is 1.35 bits per heavy atom. The van der Waals surface area contributed by atoms with Crippen LogP contribution in [0.15, 0.2) is 16.7 Å². The molecule has 0 fully saturated rings. The standard InChI is InChI=1S/C12H11F2N3O3/c1-17(2)5-10-15-11(20-16-10)6-3-8(13)9(14)4-7(6)12(18)19/h3-4H,5H2,1-2H3,(H,18,19). The van der Waals surface area contributed by atoms with Crippen molar-refractivity contribution in [3.05, 3.63) is 35.2 Å². The van der Waals surface area contributed by atoms with Crippen LogP contribution in [-0.2, 0) is 6.54 Å². The number of carbonyl (C=O) groups is 1. The summed E-state index contributed by atoms with van der Waals surface area (Å²) in [6.45, 7) is 0.371. The highest BCUT2D eigenvalue weighted by Gasteiger charge is 2.21. The first-order valence-electron chi connectivity index (χ1n) is 5.58. The summed E-state index contributed by atoms with van der Waals surface area (Å²) in [5, 5.41) is 12.7. The lowest BCUT2D eigenvalue weighted by molar-refractivity contribution is 0.0696.